The lowest BCUT2D eigenvalue weighted by atomic mass is 9.76. The van der Waals surface area contributed by atoms with Crippen LogP contribution in [-0.2, 0) is 60.2 Å². The van der Waals surface area contributed by atoms with Crippen LogP contribution in [0.15, 0.2) is 115 Å². The van der Waals surface area contributed by atoms with Crippen LogP contribution < -0.4 is 37.0 Å². The van der Waals surface area contributed by atoms with Gasteiger partial charge in [-0.25, -0.2) is 27.5 Å². The van der Waals surface area contributed by atoms with Gasteiger partial charge in [-0.15, -0.1) is 0 Å². The Hall–Kier alpha value is -8.27. The first-order valence-electron chi connectivity index (χ1n) is 30.6. The zero-order valence-electron chi connectivity index (χ0n) is 54.7. The SMILES string of the molecule is C/C(=C\[C@H](C(C)C)N(C)C(=O)[C@@H](NC(=O)[C@@H](N(C)C(=O)OC(C)(C)C)C(C)(C)c1ccccc1)C(C)(C)C)C(=O)NS(=O)(=O)Cc1ccc(C2(NC(=O)[C@H](CCCNC(N)=O)NC(=O)[C@@H](NC(=O)OCC3c4ccccc4-c4ccccc43)C(C)C)CC2)cc1. The molecule has 0 radical (unpaired) electrons. The van der Waals surface area contributed by atoms with Crippen LogP contribution in [0.4, 0.5) is 14.4 Å². The van der Waals surface area contributed by atoms with Crippen molar-refractivity contribution in [3.63, 3.8) is 0 Å². The molecule has 2 aliphatic carbocycles. The van der Waals surface area contributed by atoms with Crippen molar-refractivity contribution in [3.05, 3.63) is 143 Å². The third-order valence-corrected chi connectivity index (χ3v) is 17.8. The maximum absolute atomic E-state index is 14.7. The lowest BCUT2D eigenvalue weighted by Crippen LogP contribution is -2.63. The summed E-state index contributed by atoms with van der Waals surface area (Å²) < 4.78 is 41.0. The molecule has 4 aromatic carbocycles. The van der Waals surface area contributed by atoms with Crippen molar-refractivity contribution in [2.24, 2.45) is 23.0 Å². The van der Waals surface area contributed by atoms with Crippen LogP contribution in [0.25, 0.3) is 11.1 Å². The Morgan fingerprint density at radius 2 is 1.28 bits per heavy atom. The van der Waals surface area contributed by atoms with Crippen LogP contribution in [0.2, 0.25) is 0 Å². The van der Waals surface area contributed by atoms with Crippen LogP contribution in [-0.4, -0.2) is 129 Å². The molecule has 90 heavy (non-hydrogen) atoms. The number of urea groups is 1. The highest BCUT2D eigenvalue weighted by Gasteiger charge is 2.48. The number of carbonyl (C=O) groups is 8. The van der Waals surface area contributed by atoms with Gasteiger partial charge in [-0.05, 0) is 110 Å². The largest absolute Gasteiger partial charge is 0.449 e. The van der Waals surface area contributed by atoms with Gasteiger partial charge in [-0.3, -0.25) is 28.9 Å². The number of alkyl carbamates (subject to hydrolysis) is 1. The first-order chi connectivity index (χ1) is 42.0. The summed E-state index contributed by atoms with van der Waals surface area (Å²) in [5.41, 5.74) is 7.72. The first kappa shape index (κ1) is 70.8. The number of hydrogen-bond acceptors (Lipinski definition) is 12. The molecule has 0 heterocycles. The normalized spacial score (nSPS) is 15.5. The van der Waals surface area contributed by atoms with Gasteiger partial charge < -0.3 is 46.7 Å². The summed E-state index contributed by atoms with van der Waals surface area (Å²) in [5, 5.41) is 14.1. The number of ether oxygens (including phenoxy) is 2. The third kappa shape index (κ3) is 18.2. The summed E-state index contributed by atoms with van der Waals surface area (Å²) in [5.74, 6) is -4.63. The van der Waals surface area contributed by atoms with Crippen LogP contribution in [0, 0.1) is 17.3 Å². The fourth-order valence-electron chi connectivity index (χ4n) is 11.4. The van der Waals surface area contributed by atoms with Crippen LogP contribution in [0.1, 0.15) is 149 Å². The van der Waals surface area contributed by atoms with E-state index < -0.39 is 122 Å². The highest BCUT2D eigenvalue weighted by Crippen LogP contribution is 2.46. The molecule has 0 saturated heterocycles. The maximum atomic E-state index is 14.7. The molecular weight excluding hydrogens is 1170 g/mol. The molecule has 1 fully saturated rings. The summed E-state index contributed by atoms with van der Waals surface area (Å²) in [4.78, 5) is 113. The summed E-state index contributed by atoms with van der Waals surface area (Å²) >= 11 is 0. The van der Waals surface area contributed by atoms with Gasteiger partial charge in [-0.1, -0.05) is 172 Å². The molecule has 1 saturated carbocycles. The Labute approximate surface area is 530 Å². The van der Waals surface area contributed by atoms with Crippen molar-refractivity contribution in [2.45, 2.75) is 174 Å². The van der Waals surface area contributed by atoms with Gasteiger partial charge in [0.25, 0.3) is 5.91 Å². The third-order valence-electron chi connectivity index (χ3n) is 16.6. The van der Waals surface area contributed by atoms with E-state index in [9.17, 15) is 46.8 Å². The smallest absolute Gasteiger partial charge is 0.410 e. The zero-order valence-corrected chi connectivity index (χ0v) is 55.6. The molecule has 2 aliphatic rings. The van der Waals surface area contributed by atoms with E-state index in [0.29, 0.717) is 24.0 Å². The number of fused-ring (bicyclic) bond motifs is 3. The molecule has 0 aliphatic heterocycles. The van der Waals surface area contributed by atoms with Crippen molar-refractivity contribution < 1.29 is 56.2 Å². The number of nitrogens with one attached hydrogen (secondary N) is 6. The van der Waals surface area contributed by atoms with E-state index >= 15 is 0 Å². The molecule has 0 bridgehead atoms. The van der Waals surface area contributed by atoms with Crippen LogP contribution >= 0.6 is 0 Å². The average Bonchev–Trinajstić information content (AvgIpc) is 1.55. The van der Waals surface area contributed by atoms with E-state index in [4.69, 9.17) is 15.2 Å². The topological polar surface area (TPSA) is 294 Å². The molecule has 0 spiro atoms. The highest BCUT2D eigenvalue weighted by molar-refractivity contribution is 7.89. The minimum absolute atomic E-state index is 0.0175. The minimum atomic E-state index is -4.31. The molecule has 0 unspecified atom stereocenters. The standard InChI is InChI=1S/C68H93N9O12S/c1-41(2)53(76(14)61(82)55(65(6,7)8)73-60(81)56(77(15)64(85)89-66(9,10)11)67(12,13)45-24-17-16-18-25-45)38-43(5)57(78)75-90(86,87)40-44-31-33-46(34-32-44)68(35-36-68)74-58(79)52(30-23-37-70-62(69)83)71-59(80)54(42(3)4)72-63(84)88-39-51-49-28-21-19-26-47(49)48-27-20-22-29-50(48)51/h16-22,24-29,31-34,38,41-42,51-56H,23,30,35-37,39-40H2,1-15H3,(H,71,80)(H,72,84)(H,73,81)(H,74,79)(H,75,78)(H3,69,70,83)/b43-38+/t52-,53+,54-,55+,56+/m0/s1. The fraction of sp³-hybridized carbons (Fsp3) is 0.500. The second kappa shape index (κ2) is 29.1. The number of nitrogens with zero attached hydrogens (tertiary/aromatic N) is 2. The number of hydrogen-bond donors (Lipinski definition) is 7. The molecule has 5 atom stereocenters. The monoisotopic (exact) mass is 1260 g/mol. The Morgan fingerprint density at radius 3 is 1.80 bits per heavy atom. The van der Waals surface area contributed by atoms with Crippen molar-refractivity contribution in [1.29, 1.82) is 0 Å². The van der Waals surface area contributed by atoms with Gasteiger partial charge in [0.1, 0.15) is 36.4 Å². The highest BCUT2D eigenvalue weighted by atomic mass is 32.2. The van der Waals surface area contributed by atoms with Crippen LogP contribution in [0.5, 0.6) is 0 Å². The molecule has 21 nitrogen and oxygen atoms in total. The number of carbonyl (C=O) groups excluding carboxylic acids is 8. The number of benzene rings is 4. The molecule has 0 aromatic heterocycles. The Morgan fingerprint density at radius 1 is 0.711 bits per heavy atom. The first-order valence-corrected chi connectivity index (χ1v) is 32.3. The number of amides is 9. The number of likely N-dealkylation sites (N-methyl/N-ethyl adjacent to an activating group) is 2. The molecule has 22 heteroatoms. The van der Waals surface area contributed by atoms with E-state index in [1.54, 1.807) is 86.7 Å². The van der Waals surface area contributed by atoms with Gasteiger partial charge in [-0.2, -0.15) is 0 Å². The van der Waals surface area contributed by atoms with Gasteiger partial charge in [0.05, 0.1) is 17.3 Å². The average molecular weight is 1260 g/mol. The minimum Gasteiger partial charge on any atom is -0.449 e. The van der Waals surface area contributed by atoms with E-state index in [0.717, 1.165) is 27.8 Å². The quantitative estimate of drug-likeness (QED) is 0.0230. The number of rotatable bonds is 26. The molecule has 4 aromatic rings. The molecule has 6 rings (SSSR count). The second-order valence-corrected chi connectivity index (χ2v) is 28.8. The Balaban J connectivity index is 1.09. The number of sulfonamides is 1. The van der Waals surface area contributed by atoms with Gasteiger partial charge in [0.2, 0.25) is 33.7 Å². The number of primary amides is 1. The van der Waals surface area contributed by atoms with Gasteiger partial charge >= 0.3 is 18.2 Å². The Bertz CT molecular complexity index is 3360. The van der Waals surface area contributed by atoms with Crippen molar-refractivity contribution in [3.8, 4) is 11.1 Å². The maximum Gasteiger partial charge on any atom is 0.410 e. The van der Waals surface area contributed by atoms with Gasteiger partial charge in [0, 0.05) is 37.5 Å². The zero-order chi connectivity index (χ0) is 66.8. The number of nitrogens with two attached hydrogens (primary N) is 1. The molecule has 8 N–H and O–H groups in total. The lowest BCUT2D eigenvalue weighted by Gasteiger charge is -2.42. The Kier molecular flexibility index (Phi) is 22.9. The molecule has 488 valence electrons. The van der Waals surface area contributed by atoms with Crippen LogP contribution in [0.3, 0.4) is 0 Å². The van der Waals surface area contributed by atoms with E-state index in [-0.39, 0.29) is 43.4 Å². The summed E-state index contributed by atoms with van der Waals surface area (Å²) in [6.07, 6.45) is 1.42. The van der Waals surface area contributed by atoms with Crippen molar-refractivity contribution in [1.82, 2.24) is 41.1 Å². The summed E-state index contributed by atoms with van der Waals surface area (Å²) in [7, 11) is -1.26. The molecule has 9 amide bonds. The second-order valence-electron chi connectivity index (χ2n) is 27.1. The predicted molar refractivity (Wildman–Crippen MR) is 346 cm³/mol. The van der Waals surface area contributed by atoms with E-state index in [2.05, 4.69) is 31.3 Å². The summed E-state index contributed by atoms with van der Waals surface area (Å²) in [6, 6.07) is 25.7. The fourth-order valence-corrected chi connectivity index (χ4v) is 12.6. The van der Waals surface area contributed by atoms with Gasteiger partial charge in [0.15, 0.2) is 0 Å². The van der Waals surface area contributed by atoms with E-state index in [1.807, 2.05) is 107 Å². The summed E-state index contributed by atoms with van der Waals surface area (Å²) in [6.45, 7) is 23.1. The van der Waals surface area contributed by atoms with Crippen molar-refractivity contribution in [2.75, 3.05) is 27.2 Å². The predicted octanol–water partition coefficient (Wildman–Crippen LogP) is 8.41. The van der Waals surface area contributed by atoms with Crippen molar-refractivity contribution >= 4 is 57.8 Å². The van der Waals surface area contributed by atoms with E-state index in [1.165, 1.54) is 29.8 Å². The lowest BCUT2D eigenvalue weighted by molar-refractivity contribution is -0.141. The molecular formula is C68H93N9O12S.